The van der Waals surface area contributed by atoms with Crippen molar-refractivity contribution in [2.24, 2.45) is 23.7 Å². The lowest BCUT2D eigenvalue weighted by molar-refractivity contribution is -0.148. The van der Waals surface area contributed by atoms with Crippen molar-refractivity contribution in [3.05, 3.63) is 23.3 Å². The second-order valence-corrected chi connectivity index (χ2v) is 9.47. The lowest BCUT2D eigenvalue weighted by Gasteiger charge is -2.30. The van der Waals surface area contributed by atoms with Crippen LogP contribution < -0.4 is 14.8 Å². The number of aliphatic carboxylic acids is 1. The van der Waals surface area contributed by atoms with E-state index in [0.717, 1.165) is 19.3 Å². The molecule has 2 N–H and O–H groups in total. The molecule has 0 aromatic heterocycles. The van der Waals surface area contributed by atoms with Crippen LogP contribution in [0.3, 0.4) is 0 Å². The fourth-order valence-corrected chi connectivity index (χ4v) is 5.90. The van der Waals surface area contributed by atoms with Gasteiger partial charge in [-0.1, -0.05) is 0 Å². The van der Waals surface area contributed by atoms with Crippen LogP contribution in [0.1, 0.15) is 60.9 Å². The molecule has 2 bridgehead atoms. The molecule has 4 atom stereocenters. The molecule has 9 heteroatoms. The Morgan fingerprint density at radius 1 is 1.03 bits per heavy atom. The predicted octanol–water partition coefficient (Wildman–Crippen LogP) is 2.91. The van der Waals surface area contributed by atoms with Gasteiger partial charge >= 0.3 is 11.9 Å². The number of hydrogen-bond donors (Lipinski definition) is 2. The molecule has 34 heavy (non-hydrogen) atoms. The predicted molar refractivity (Wildman–Crippen MR) is 119 cm³/mol. The molecule has 3 aliphatic carbocycles. The summed E-state index contributed by atoms with van der Waals surface area (Å²) in [5.41, 5.74) is 0.461. The Kier molecular flexibility index (Phi) is 6.96. The maximum atomic E-state index is 13.3. The topological polar surface area (TPSA) is 135 Å². The average Bonchev–Trinajstić information content (AvgIpc) is 3.45. The van der Waals surface area contributed by atoms with E-state index in [9.17, 15) is 24.8 Å². The van der Waals surface area contributed by atoms with Crippen molar-refractivity contribution in [3.8, 4) is 17.6 Å². The number of carbonyl (C=O) groups is 3. The fourth-order valence-electron chi connectivity index (χ4n) is 5.90. The monoisotopic (exact) mass is 470 g/mol. The Labute approximate surface area is 198 Å². The number of methoxy groups -OCH3 is 2. The van der Waals surface area contributed by atoms with E-state index >= 15 is 0 Å². The largest absolute Gasteiger partial charge is 0.496 e. The zero-order valence-corrected chi connectivity index (χ0v) is 19.4. The first-order valence-corrected chi connectivity index (χ1v) is 11.8. The molecular weight excluding hydrogens is 440 g/mol. The molecule has 3 fully saturated rings. The minimum Gasteiger partial charge on any atom is -0.496 e. The van der Waals surface area contributed by atoms with Crippen LogP contribution in [0.15, 0.2) is 12.1 Å². The smallest absolute Gasteiger partial charge is 0.311 e. The molecular formula is C25H30N2O7. The molecule has 1 aromatic rings. The quantitative estimate of drug-likeness (QED) is 0.581. The lowest BCUT2D eigenvalue weighted by atomic mass is 9.84. The Bertz CT molecular complexity index is 1010. The lowest BCUT2D eigenvalue weighted by Crippen LogP contribution is -2.47. The highest BCUT2D eigenvalue weighted by atomic mass is 16.5. The van der Waals surface area contributed by atoms with Crippen molar-refractivity contribution in [2.45, 2.75) is 57.1 Å². The Hall–Kier alpha value is -3.28. The summed E-state index contributed by atoms with van der Waals surface area (Å²) < 4.78 is 16.5. The van der Waals surface area contributed by atoms with E-state index in [4.69, 9.17) is 14.2 Å². The van der Waals surface area contributed by atoms with E-state index in [1.165, 1.54) is 26.4 Å². The Morgan fingerprint density at radius 2 is 1.74 bits per heavy atom. The number of carboxylic acid groups (broad SMARTS) is 1. The van der Waals surface area contributed by atoms with Crippen LogP contribution in [0.5, 0.6) is 11.5 Å². The molecule has 4 unspecified atom stereocenters. The summed E-state index contributed by atoms with van der Waals surface area (Å²) in [5.74, 6) is -1.29. The van der Waals surface area contributed by atoms with Crippen LogP contribution in [0.25, 0.3) is 0 Å². The number of rotatable bonds is 7. The van der Waals surface area contributed by atoms with Gasteiger partial charge in [-0.25, -0.2) is 0 Å². The number of carboxylic acids is 1. The van der Waals surface area contributed by atoms with Crippen molar-refractivity contribution in [1.82, 2.24) is 5.32 Å². The Balaban J connectivity index is 1.54. The first-order valence-electron chi connectivity index (χ1n) is 11.8. The highest BCUT2D eigenvalue weighted by Crippen LogP contribution is 2.49. The van der Waals surface area contributed by atoms with E-state index < -0.39 is 11.9 Å². The van der Waals surface area contributed by atoms with Gasteiger partial charge in [-0.2, -0.15) is 5.26 Å². The number of benzene rings is 1. The molecule has 4 rings (SSSR count). The number of hydrogen-bond acceptors (Lipinski definition) is 7. The van der Waals surface area contributed by atoms with Gasteiger partial charge in [-0.3, -0.25) is 14.4 Å². The van der Waals surface area contributed by atoms with E-state index in [-0.39, 0.29) is 64.4 Å². The number of nitriles is 1. The van der Waals surface area contributed by atoms with E-state index in [1.807, 2.05) is 0 Å². The van der Waals surface area contributed by atoms with Gasteiger partial charge in [0.15, 0.2) is 0 Å². The number of fused-ring (bicyclic) bond motifs is 2. The molecule has 1 aromatic carbocycles. The van der Waals surface area contributed by atoms with Crippen molar-refractivity contribution in [1.29, 1.82) is 5.26 Å². The van der Waals surface area contributed by atoms with E-state index in [0.29, 0.717) is 25.7 Å². The molecule has 182 valence electrons. The zero-order valence-electron chi connectivity index (χ0n) is 19.4. The first kappa shape index (κ1) is 23.9. The number of nitrogens with one attached hydrogen (secondary N) is 1. The van der Waals surface area contributed by atoms with Gasteiger partial charge < -0.3 is 24.6 Å². The van der Waals surface area contributed by atoms with Gasteiger partial charge in [0.2, 0.25) is 0 Å². The maximum Gasteiger partial charge on any atom is 0.311 e. The average molecular weight is 471 g/mol. The van der Waals surface area contributed by atoms with Crippen LogP contribution in [-0.4, -0.2) is 49.3 Å². The molecule has 0 saturated heterocycles. The fraction of sp³-hybridized carbons (Fsp3) is 0.600. The summed E-state index contributed by atoms with van der Waals surface area (Å²) in [7, 11) is 2.79. The summed E-state index contributed by atoms with van der Waals surface area (Å²) in [6.45, 7) is 0. The summed E-state index contributed by atoms with van der Waals surface area (Å²) in [6, 6.07) is 4.76. The maximum absolute atomic E-state index is 13.3. The standard InChI is InChI=1S/C25H30N2O7/c1-32-20-10-16(12-26)19(34-17-7-5-13(6-8-17)24(29)30)11-18(20)23(28)27-22-15-4-3-14(9-15)21(22)25(31)33-2/h10-11,13-15,17,21-22H,3-9H2,1-2H3,(H,27,28)(H,29,30). The van der Waals surface area contributed by atoms with Gasteiger partial charge in [-0.15, -0.1) is 0 Å². The minimum absolute atomic E-state index is 0.213. The number of ether oxygens (including phenoxy) is 3. The van der Waals surface area contributed by atoms with Crippen molar-refractivity contribution >= 4 is 17.8 Å². The SMILES string of the molecule is COC(=O)C1C2CCC(C2)C1NC(=O)c1cc(OC2CCC(C(=O)O)CC2)c(C#N)cc1OC. The number of carbonyl (C=O) groups excluding carboxylic acids is 2. The number of amides is 1. The molecule has 1 amide bonds. The highest BCUT2D eigenvalue weighted by Gasteiger charge is 2.52. The van der Waals surface area contributed by atoms with Gasteiger partial charge in [0, 0.05) is 12.1 Å². The Morgan fingerprint density at radius 3 is 2.35 bits per heavy atom. The summed E-state index contributed by atoms with van der Waals surface area (Å²) in [5, 5.41) is 21.9. The second-order valence-electron chi connectivity index (χ2n) is 9.47. The third kappa shape index (κ3) is 4.54. The summed E-state index contributed by atoms with van der Waals surface area (Å²) in [4.78, 5) is 36.9. The second kappa shape index (κ2) is 9.92. The molecule has 9 nitrogen and oxygen atoms in total. The van der Waals surface area contributed by atoms with Crippen LogP contribution in [-0.2, 0) is 14.3 Å². The van der Waals surface area contributed by atoms with Crippen molar-refractivity contribution < 1.29 is 33.7 Å². The van der Waals surface area contributed by atoms with E-state index in [1.54, 1.807) is 0 Å². The van der Waals surface area contributed by atoms with Gasteiger partial charge in [0.1, 0.15) is 17.6 Å². The van der Waals surface area contributed by atoms with Crippen LogP contribution in [0, 0.1) is 35.0 Å². The number of nitrogens with zero attached hydrogens (tertiary/aromatic N) is 1. The number of esters is 1. The third-order valence-corrected chi connectivity index (χ3v) is 7.67. The van der Waals surface area contributed by atoms with Crippen LogP contribution >= 0.6 is 0 Å². The van der Waals surface area contributed by atoms with Crippen molar-refractivity contribution in [2.75, 3.05) is 14.2 Å². The summed E-state index contributed by atoms with van der Waals surface area (Å²) >= 11 is 0. The van der Waals surface area contributed by atoms with Crippen LogP contribution in [0.4, 0.5) is 0 Å². The normalized spacial score (nSPS) is 29.7. The highest BCUT2D eigenvalue weighted by molar-refractivity contribution is 5.98. The van der Waals surface area contributed by atoms with Gasteiger partial charge in [0.05, 0.1) is 43.3 Å². The van der Waals surface area contributed by atoms with Gasteiger partial charge in [0.25, 0.3) is 5.91 Å². The van der Waals surface area contributed by atoms with E-state index in [2.05, 4.69) is 11.4 Å². The molecule has 0 aliphatic heterocycles. The summed E-state index contributed by atoms with van der Waals surface area (Å²) in [6.07, 6.45) is 4.70. The minimum atomic E-state index is -0.801. The molecule has 3 saturated carbocycles. The zero-order chi connectivity index (χ0) is 24.4. The molecule has 0 heterocycles. The van der Waals surface area contributed by atoms with Crippen molar-refractivity contribution in [3.63, 3.8) is 0 Å². The first-order chi connectivity index (χ1) is 16.4. The molecule has 3 aliphatic rings. The molecule has 0 radical (unpaired) electrons. The molecule has 0 spiro atoms. The van der Waals surface area contributed by atoms with Gasteiger partial charge in [-0.05, 0) is 62.8 Å². The van der Waals surface area contributed by atoms with Crippen LogP contribution in [0.2, 0.25) is 0 Å². The third-order valence-electron chi connectivity index (χ3n) is 7.67.